The van der Waals surface area contributed by atoms with Crippen LogP contribution in [0, 0.1) is 5.92 Å². The minimum atomic E-state index is -0.0218. The molecule has 3 heteroatoms. The molecular weight excluding hydrogens is 214 g/mol. The van der Waals surface area contributed by atoms with Gasteiger partial charge in [0.15, 0.2) is 0 Å². The molecule has 0 aromatic rings. The van der Waals surface area contributed by atoms with Gasteiger partial charge >= 0.3 is 5.97 Å². The van der Waals surface area contributed by atoms with Crippen LogP contribution < -0.4 is 5.73 Å². The third kappa shape index (κ3) is 6.06. The lowest BCUT2D eigenvalue weighted by Gasteiger charge is -2.09. The summed E-state index contributed by atoms with van der Waals surface area (Å²) in [5, 5.41) is 0. The van der Waals surface area contributed by atoms with Crippen LogP contribution in [0.1, 0.15) is 64.7 Å². The fraction of sp³-hybridized carbons (Fsp3) is 0.929. The molecule has 0 bridgehead atoms. The van der Waals surface area contributed by atoms with E-state index in [4.69, 9.17) is 10.5 Å². The SMILES string of the molecule is CCCCCCCCOC(=O)[C@@H]1CC[C@H](N)C1. The Morgan fingerprint density at radius 2 is 1.88 bits per heavy atom. The fourth-order valence-electron chi connectivity index (χ4n) is 2.40. The van der Waals surface area contributed by atoms with Crippen molar-refractivity contribution in [3.8, 4) is 0 Å². The monoisotopic (exact) mass is 241 g/mol. The third-order valence-corrected chi connectivity index (χ3v) is 3.55. The summed E-state index contributed by atoms with van der Waals surface area (Å²) in [5.74, 6) is 0.0524. The fourth-order valence-corrected chi connectivity index (χ4v) is 2.40. The molecule has 2 atom stereocenters. The first-order chi connectivity index (χ1) is 8.24. The van der Waals surface area contributed by atoms with Crippen LogP contribution >= 0.6 is 0 Å². The van der Waals surface area contributed by atoms with Gasteiger partial charge < -0.3 is 10.5 Å². The third-order valence-electron chi connectivity index (χ3n) is 3.55. The van der Waals surface area contributed by atoms with E-state index in [-0.39, 0.29) is 17.9 Å². The number of carbonyl (C=O) groups excluding carboxylic acids is 1. The summed E-state index contributed by atoms with van der Waals surface area (Å²) in [6, 6.07) is 0.210. The lowest BCUT2D eigenvalue weighted by atomic mass is 10.1. The Labute approximate surface area is 105 Å². The number of hydrogen-bond donors (Lipinski definition) is 1. The topological polar surface area (TPSA) is 52.3 Å². The van der Waals surface area contributed by atoms with Gasteiger partial charge in [-0.05, 0) is 25.7 Å². The van der Waals surface area contributed by atoms with Crippen molar-refractivity contribution < 1.29 is 9.53 Å². The molecule has 1 aliphatic carbocycles. The summed E-state index contributed by atoms with van der Waals surface area (Å²) in [7, 11) is 0. The molecule has 1 rings (SSSR count). The number of rotatable bonds is 8. The molecule has 0 radical (unpaired) electrons. The molecule has 17 heavy (non-hydrogen) atoms. The highest BCUT2D eigenvalue weighted by atomic mass is 16.5. The highest BCUT2D eigenvalue weighted by Crippen LogP contribution is 2.25. The van der Waals surface area contributed by atoms with E-state index in [1.807, 2.05) is 0 Å². The Morgan fingerprint density at radius 3 is 2.53 bits per heavy atom. The van der Waals surface area contributed by atoms with Crippen molar-refractivity contribution in [1.82, 2.24) is 0 Å². The lowest BCUT2D eigenvalue weighted by Crippen LogP contribution is -2.19. The van der Waals surface area contributed by atoms with Gasteiger partial charge in [-0.2, -0.15) is 0 Å². The Kier molecular flexibility index (Phi) is 7.25. The molecule has 0 heterocycles. The van der Waals surface area contributed by atoms with E-state index in [0.717, 1.165) is 25.7 Å². The first-order valence-corrected chi connectivity index (χ1v) is 7.16. The van der Waals surface area contributed by atoms with Gasteiger partial charge in [0.2, 0.25) is 0 Å². The minimum absolute atomic E-state index is 0.0218. The number of hydrogen-bond acceptors (Lipinski definition) is 3. The molecule has 0 amide bonds. The number of esters is 1. The van der Waals surface area contributed by atoms with Crippen molar-refractivity contribution in [3.05, 3.63) is 0 Å². The Hall–Kier alpha value is -0.570. The largest absolute Gasteiger partial charge is 0.465 e. The maximum absolute atomic E-state index is 11.6. The number of nitrogens with two attached hydrogens (primary N) is 1. The molecule has 0 aromatic carbocycles. The highest BCUT2D eigenvalue weighted by Gasteiger charge is 2.28. The zero-order valence-electron chi connectivity index (χ0n) is 11.1. The molecule has 0 aliphatic heterocycles. The molecule has 1 aliphatic rings. The molecule has 1 fully saturated rings. The summed E-state index contributed by atoms with van der Waals surface area (Å²) in [4.78, 5) is 11.6. The summed E-state index contributed by atoms with van der Waals surface area (Å²) < 4.78 is 5.29. The zero-order chi connectivity index (χ0) is 12.5. The van der Waals surface area contributed by atoms with Gasteiger partial charge in [-0.3, -0.25) is 4.79 Å². The molecule has 100 valence electrons. The van der Waals surface area contributed by atoms with Crippen molar-refractivity contribution in [2.75, 3.05) is 6.61 Å². The molecule has 0 unspecified atom stereocenters. The molecule has 3 nitrogen and oxygen atoms in total. The maximum atomic E-state index is 11.6. The van der Waals surface area contributed by atoms with Gasteiger partial charge in [-0.1, -0.05) is 39.0 Å². The van der Waals surface area contributed by atoms with E-state index < -0.39 is 0 Å². The van der Waals surface area contributed by atoms with E-state index in [1.165, 1.54) is 32.1 Å². The van der Waals surface area contributed by atoms with Crippen molar-refractivity contribution in [2.24, 2.45) is 11.7 Å². The lowest BCUT2D eigenvalue weighted by molar-refractivity contribution is -0.148. The molecule has 1 saturated carbocycles. The Morgan fingerprint density at radius 1 is 1.18 bits per heavy atom. The van der Waals surface area contributed by atoms with Gasteiger partial charge in [0.25, 0.3) is 0 Å². The van der Waals surface area contributed by atoms with Crippen LogP contribution in [0.3, 0.4) is 0 Å². The van der Waals surface area contributed by atoms with Crippen molar-refractivity contribution in [1.29, 1.82) is 0 Å². The summed E-state index contributed by atoms with van der Waals surface area (Å²) >= 11 is 0. The number of unbranched alkanes of at least 4 members (excludes halogenated alkanes) is 5. The predicted octanol–water partition coefficient (Wildman–Crippen LogP) is 3.02. The van der Waals surface area contributed by atoms with Crippen molar-refractivity contribution >= 4 is 5.97 Å². The number of carbonyl (C=O) groups is 1. The van der Waals surface area contributed by atoms with Gasteiger partial charge in [0, 0.05) is 6.04 Å². The van der Waals surface area contributed by atoms with Gasteiger partial charge in [0.1, 0.15) is 0 Å². The molecule has 0 spiro atoms. The van der Waals surface area contributed by atoms with Gasteiger partial charge in [0.05, 0.1) is 12.5 Å². The zero-order valence-corrected chi connectivity index (χ0v) is 11.1. The number of ether oxygens (including phenoxy) is 1. The normalized spacial score (nSPS) is 23.9. The van der Waals surface area contributed by atoms with Crippen LogP contribution in [0.25, 0.3) is 0 Å². The first-order valence-electron chi connectivity index (χ1n) is 7.16. The van der Waals surface area contributed by atoms with Crippen LogP contribution in [-0.2, 0) is 9.53 Å². The average molecular weight is 241 g/mol. The van der Waals surface area contributed by atoms with Crippen LogP contribution in [0.5, 0.6) is 0 Å². The summed E-state index contributed by atoms with van der Waals surface area (Å²) in [5.41, 5.74) is 5.78. The first kappa shape index (κ1) is 14.5. The van der Waals surface area contributed by atoms with E-state index in [2.05, 4.69) is 6.92 Å². The Bertz CT molecular complexity index is 218. The molecule has 0 aromatic heterocycles. The second kappa shape index (κ2) is 8.51. The van der Waals surface area contributed by atoms with Crippen LogP contribution in [0.4, 0.5) is 0 Å². The van der Waals surface area contributed by atoms with Gasteiger partial charge in [-0.15, -0.1) is 0 Å². The smallest absolute Gasteiger partial charge is 0.308 e. The second-order valence-electron chi connectivity index (χ2n) is 5.21. The maximum Gasteiger partial charge on any atom is 0.308 e. The summed E-state index contributed by atoms with van der Waals surface area (Å²) in [6.07, 6.45) is 10.0. The molecule has 2 N–H and O–H groups in total. The minimum Gasteiger partial charge on any atom is -0.465 e. The van der Waals surface area contributed by atoms with E-state index >= 15 is 0 Å². The Balaban J connectivity index is 1.93. The van der Waals surface area contributed by atoms with Crippen molar-refractivity contribution in [2.45, 2.75) is 70.8 Å². The standard InChI is InChI=1S/C14H27NO2/c1-2-3-4-5-6-7-10-17-14(16)12-8-9-13(15)11-12/h12-13H,2-11,15H2,1H3/t12-,13+/m1/s1. The van der Waals surface area contributed by atoms with E-state index in [9.17, 15) is 4.79 Å². The molecular formula is C14H27NO2. The summed E-state index contributed by atoms with van der Waals surface area (Å²) in [6.45, 7) is 2.81. The second-order valence-corrected chi connectivity index (χ2v) is 5.21. The van der Waals surface area contributed by atoms with Crippen LogP contribution in [0.2, 0.25) is 0 Å². The molecule has 0 saturated heterocycles. The van der Waals surface area contributed by atoms with Crippen LogP contribution in [-0.4, -0.2) is 18.6 Å². The quantitative estimate of drug-likeness (QED) is 0.525. The predicted molar refractivity (Wildman–Crippen MR) is 69.7 cm³/mol. The highest BCUT2D eigenvalue weighted by molar-refractivity contribution is 5.72. The van der Waals surface area contributed by atoms with Crippen LogP contribution in [0.15, 0.2) is 0 Å². The van der Waals surface area contributed by atoms with E-state index in [0.29, 0.717) is 6.61 Å². The van der Waals surface area contributed by atoms with Crippen molar-refractivity contribution in [3.63, 3.8) is 0 Å². The average Bonchev–Trinajstić information content (AvgIpc) is 2.74. The van der Waals surface area contributed by atoms with Gasteiger partial charge in [-0.25, -0.2) is 0 Å². The van der Waals surface area contributed by atoms with E-state index in [1.54, 1.807) is 0 Å².